The summed E-state index contributed by atoms with van der Waals surface area (Å²) in [4.78, 5) is 0. The third kappa shape index (κ3) is 1.74. The predicted octanol–water partition coefficient (Wildman–Crippen LogP) is 1.65. The van der Waals surface area contributed by atoms with Gasteiger partial charge in [0.1, 0.15) is 11.6 Å². The second kappa shape index (κ2) is 3.49. The first-order chi connectivity index (χ1) is 6.75. The van der Waals surface area contributed by atoms with Crippen LogP contribution in [0.2, 0.25) is 0 Å². The van der Waals surface area contributed by atoms with Gasteiger partial charge in [0.15, 0.2) is 0 Å². The van der Waals surface area contributed by atoms with Gasteiger partial charge in [-0.25, -0.2) is 9.07 Å². The SMILES string of the molecule is Nc1ccnn1Cc1cccc(F)c1. The monoisotopic (exact) mass is 191 g/mol. The molecule has 0 aliphatic rings. The highest BCUT2D eigenvalue weighted by Crippen LogP contribution is 2.08. The van der Waals surface area contributed by atoms with Crippen molar-refractivity contribution in [2.24, 2.45) is 0 Å². The van der Waals surface area contributed by atoms with Crippen molar-refractivity contribution in [3.05, 3.63) is 47.9 Å². The van der Waals surface area contributed by atoms with Crippen LogP contribution in [-0.2, 0) is 6.54 Å². The first-order valence-corrected chi connectivity index (χ1v) is 4.27. The zero-order valence-electron chi connectivity index (χ0n) is 7.52. The fourth-order valence-corrected chi connectivity index (χ4v) is 1.28. The van der Waals surface area contributed by atoms with Crippen LogP contribution in [0.1, 0.15) is 5.56 Å². The lowest BCUT2D eigenvalue weighted by molar-refractivity contribution is 0.620. The van der Waals surface area contributed by atoms with E-state index in [1.807, 2.05) is 6.07 Å². The molecule has 0 spiro atoms. The maximum Gasteiger partial charge on any atom is 0.123 e. The second-order valence-electron chi connectivity index (χ2n) is 3.04. The molecule has 0 aliphatic heterocycles. The molecule has 2 aromatic rings. The molecule has 3 nitrogen and oxygen atoms in total. The number of anilines is 1. The summed E-state index contributed by atoms with van der Waals surface area (Å²) in [5, 5.41) is 4.01. The molecular weight excluding hydrogens is 181 g/mol. The molecule has 0 saturated heterocycles. The summed E-state index contributed by atoms with van der Waals surface area (Å²) in [6.45, 7) is 0.497. The Morgan fingerprint density at radius 1 is 1.36 bits per heavy atom. The first kappa shape index (κ1) is 8.74. The van der Waals surface area contributed by atoms with Gasteiger partial charge in [-0.05, 0) is 23.8 Å². The summed E-state index contributed by atoms with van der Waals surface area (Å²) in [5.41, 5.74) is 6.48. The number of nitrogen functional groups attached to an aromatic ring is 1. The third-order valence-electron chi connectivity index (χ3n) is 1.97. The number of nitrogens with two attached hydrogens (primary N) is 1. The molecule has 4 heteroatoms. The van der Waals surface area contributed by atoms with Gasteiger partial charge in [0.05, 0.1) is 12.7 Å². The molecule has 0 bridgehead atoms. The van der Waals surface area contributed by atoms with Gasteiger partial charge in [-0.15, -0.1) is 0 Å². The third-order valence-corrected chi connectivity index (χ3v) is 1.97. The molecule has 72 valence electrons. The van der Waals surface area contributed by atoms with Gasteiger partial charge < -0.3 is 5.73 Å². The van der Waals surface area contributed by atoms with Crippen molar-refractivity contribution >= 4 is 5.82 Å². The van der Waals surface area contributed by atoms with Crippen LogP contribution < -0.4 is 5.73 Å². The maximum atomic E-state index is 12.8. The molecule has 14 heavy (non-hydrogen) atoms. The van der Waals surface area contributed by atoms with E-state index < -0.39 is 0 Å². The number of nitrogens with zero attached hydrogens (tertiary/aromatic N) is 2. The van der Waals surface area contributed by atoms with E-state index in [1.54, 1.807) is 23.0 Å². The molecule has 2 rings (SSSR count). The van der Waals surface area contributed by atoms with Gasteiger partial charge >= 0.3 is 0 Å². The largest absolute Gasteiger partial charge is 0.384 e. The van der Waals surface area contributed by atoms with E-state index in [0.717, 1.165) is 5.56 Å². The summed E-state index contributed by atoms with van der Waals surface area (Å²) in [7, 11) is 0. The maximum absolute atomic E-state index is 12.8. The Bertz CT molecular complexity index is 436. The van der Waals surface area contributed by atoms with E-state index in [9.17, 15) is 4.39 Å². The van der Waals surface area contributed by atoms with Gasteiger partial charge in [0.25, 0.3) is 0 Å². The Morgan fingerprint density at radius 3 is 2.86 bits per heavy atom. The standard InChI is InChI=1S/C10H10FN3/c11-9-3-1-2-8(6-9)7-14-10(12)4-5-13-14/h1-6H,7,12H2. The Hall–Kier alpha value is -1.84. The molecular formula is C10H10FN3. The number of hydrogen-bond acceptors (Lipinski definition) is 2. The summed E-state index contributed by atoms with van der Waals surface area (Å²) in [6.07, 6.45) is 1.62. The molecule has 0 amide bonds. The van der Waals surface area contributed by atoms with Crippen molar-refractivity contribution in [1.29, 1.82) is 0 Å². The number of halogens is 1. The Morgan fingerprint density at radius 2 is 2.21 bits per heavy atom. The molecule has 1 heterocycles. The van der Waals surface area contributed by atoms with Crippen LogP contribution in [0.5, 0.6) is 0 Å². The molecule has 2 N–H and O–H groups in total. The minimum absolute atomic E-state index is 0.242. The molecule has 0 radical (unpaired) electrons. The molecule has 1 aromatic carbocycles. The van der Waals surface area contributed by atoms with Crippen molar-refractivity contribution < 1.29 is 4.39 Å². The van der Waals surface area contributed by atoms with E-state index in [4.69, 9.17) is 5.73 Å². The van der Waals surface area contributed by atoms with Gasteiger partial charge in [-0.3, -0.25) is 0 Å². The average Bonchev–Trinajstić information content (AvgIpc) is 2.52. The van der Waals surface area contributed by atoms with Crippen LogP contribution in [0.15, 0.2) is 36.5 Å². The first-order valence-electron chi connectivity index (χ1n) is 4.27. The highest BCUT2D eigenvalue weighted by atomic mass is 19.1. The van der Waals surface area contributed by atoms with Crippen LogP contribution in [0.4, 0.5) is 10.2 Å². The number of aromatic nitrogens is 2. The topological polar surface area (TPSA) is 43.8 Å². The van der Waals surface area contributed by atoms with Crippen LogP contribution in [0.25, 0.3) is 0 Å². The Kier molecular flexibility index (Phi) is 2.18. The molecule has 0 fully saturated rings. The van der Waals surface area contributed by atoms with Crippen LogP contribution in [-0.4, -0.2) is 9.78 Å². The van der Waals surface area contributed by atoms with Crippen molar-refractivity contribution in [1.82, 2.24) is 9.78 Å². The highest BCUT2D eigenvalue weighted by Gasteiger charge is 2.00. The zero-order chi connectivity index (χ0) is 9.97. The van der Waals surface area contributed by atoms with Gasteiger partial charge in [-0.1, -0.05) is 12.1 Å². The van der Waals surface area contributed by atoms with E-state index in [2.05, 4.69) is 5.10 Å². The van der Waals surface area contributed by atoms with E-state index >= 15 is 0 Å². The summed E-state index contributed by atoms with van der Waals surface area (Å²) < 4.78 is 14.5. The van der Waals surface area contributed by atoms with Crippen molar-refractivity contribution in [2.75, 3.05) is 5.73 Å². The Labute approximate surface area is 81.0 Å². The fraction of sp³-hybridized carbons (Fsp3) is 0.100. The van der Waals surface area contributed by atoms with Gasteiger partial charge in [0.2, 0.25) is 0 Å². The van der Waals surface area contributed by atoms with Crippen molar-refractivity contribution in [3.8, 4) is 0 Å². The minimum Gasteiger partial charge on any atom is -0.384 e. The second-order valence-corrected chi connectivity index (χ2v) is 3.04. The fourth-order valence-electron chi connectivity index (χ4n) is 1.28. The lowest BCUT2D eigenvalue weighted by atomic mass is 10.2. The summed E-state index contributed by atoms with van der Waals surface area (Å²) >= 11 is 0. The van der Waals surface area contributed by atoms with Crippen molar-refractivity contribution in [2.45, 2.75) is 6.54 Å². The average molecular weight is 191 g/mol. The Balaban J connectivity index is 2.23. The summed E-state index contributed by atoms with van der Waals surface area (Å²) in [5.74, 6) is 0.336. The molecule has 0 saturated carbocycles. The van der Waals surface area contributed by atoms with E-state index in [1.165, 1.54) is 12.1 Å². The normalized spacial score (nSPS) is 10.4. The smallest absolute Gasteiger partial charge is 0.123 e. The molecule has 0 aliphatic carbocycles. The predicted molar refractivity (Wildman–Crippen MR) is 52.1 cm³/mol. The van der Waals surface area contributed by atoms with Gasteiger partial charge in [-0.2, -0.15) is 5.10 Å². The molecule has 0 unspecified atom stereocenters. The zero-order valence-corrected chi connectivity index (χ0v) is 7.52. The quantitative estimate of drug-likeness (QED) is 0.784. The van der Waals surface area contributed by atoms with Crippen LogP contribution in [0.3, 0.4) is 0 Å². The lowest BCUT2D eigenvalue weighted by Gasteiger charge is -2.03. The number of benzene rings is 1. The van der Waals surface area contributed by atoms with E-state index in [0.29, 0.717) is 12.4 Å². The van der Waals surface area contributed by atoms with Crippen molar-refractivity contribution in [3.63, 3.8) is 0 Å². The van der Waals surface area contributed by atoms with Crippen LogP contribution in [0, 0.1) is 5.82 Å². The molecule has 1 aromatic heterocycles. The van der Waals surface area contributed by atoms with E-state index in [-0.39, 0.29) is 5.82 Å². The van der Waals surface area contributed by atoms with Crippen LogP contribution >= 0.6 is 0 Å². The summed E-state index contributed by atoms with van der Waals surface area (Å²) in [6, 6.07) is 8.10. The lowest BCUT2D eigenvalue weighted by Crippen LogP contribution is -2.05. The number of hydrogen-bond donors (Lipinski definition) is 1. The minimum atomic E-state index is -0.242. The highest BCUT2D eigenvalue weighted by molar-refractivity contribution is 5.28. The molecule has 0 atom stereocenters. The van der Waals surface area contributed by atoms with Gasteiger partial charge in [0, 0.05) is 0 Å². The number of rotatable bonds is 2.